The Kier molecular flexibility index (Phi) is 2.82. The standard InChI is InChI=1S/C21H15N3O/c22-20(25)17-6-5-16(14-9-13-7-8-23-21(13)24-11-14)19-15-4-2-1-3-12(15)10-18(17)19/h1-9,11H,10H2,(H2,22,25)(H,23,24). The van der Waals surface area contributed by atoms with Crippen LogP contribution >= 0.6 is 0 Å². The predicted octanol–water partition coefficient (Wildman–Crippen LogP) is 3.90. The van der Waals surface area contributed by atoms with Crippen molar-refractivity contribution in [3.8, 4) is 22.3 Å². The van der Waals surface area contributed by atoms with E-state index in [0.717, 1.165) is 39.7 Å². The third-order valence-electron chi connectivity index (χ3n) is 4.94. The van der Waals surface area contributed by atoms with Crippen LogP contribution in [0, 0.1) is 0 Å². The van der Waals surface area contributed by atoms with Crippen molar-refractivity contribution in [1.82, 2.24) is 9.97 Å². The number of hydrogen-bond donors (Lipinski definition) is 2. The van der Waals surface area contributed by atoms with Crippen LogP contribution in [0.3, 0.4) is 0 Å². The van der Waals surface area contributed by atoms with Gasteiger partial charge in [-0.2, -0.15) is 0 Å². The fourth-order valence-electron chi connectivity index (χ4n) is 3.81. The Hall–Kier alpha value is -3.40. The molecule has 25 heavy (non-hydrogen) atoms. The minimum Gasteiger partial charge on any atom is -0.366 e. The number of nitrogens with one attached hydrogen (secondary N) is 1. The number of amides is 1. The van der Waals surface area contributed by atoms with E-state index in [1.165, 1.54) is 11.1 Å². The van der Waals surface area contributed by atoms with Gasteiger partial charge in [-0.05, 0) is 52.4 Å². The summed E-state index contributed by atoms with van der Waals surface area (Å²) in [6.45, 7) is 0. The molecule has 2 aromatic carbocycles. The number of hydrogen-bond acceptors (Lipinski definition) is 2. The van der Waals surface area contributed by atoms with Crippen molar-refractivity contribution < 1.29 is 4.79 Å². The lowest BCUT2D eigenvalue weighted by Crippen LogP contribution is -2.13. The molecule has 5 rings (SSSR count). The molecular formula is C21H15N3O. The summed E-state index contributed by atoms with van der Waals surface area (Å²) in [4.78, 5) is 19.5. The van der Waals surface area contributed by atoms with E-state index in [0.29, 0.717) is 5.56 Å². The third-order valence-corrected chi connectivity index (χ3v) is 4.94. The average molecular weight is 325 g/mol. The molecule has 0 fully saturated rings. The predicted molar refractivity (Wildman–Crippen MR) is 98.3 cm³/mol. The van der Waals surface area contributed by atoms with Gasteiger partial charge in [0.15, 0.2) is 0 Å². The maximum atomic E-state index is 11.9. The maximum absolute atomic E-state index is 11.9. The van der Waals surface area contributed by atoms with Crippen molar-refractivity contribution in [2.45, 2.75) is 6.42 Å². The van der Waals surface area contributed by atoms with Crippen molar-refractivity contribution in [3.63, 3.8) is 0 Å². The molecule has 1 aliphatic carbocycles. The van der Waals surface area contributed by atoms with Gasteiger partial charge in [-0.1, -0.05) is 30.3 Å². The van der Waals surface area contributed by atoms with E-state index in [2.05, 4.69) is 28.2 Å². The lowest BCUT2D eigenvalue weighted by atomic mass is 9.92. The molecular weight excluding hydrogens is 310 g/mol. The van der Waals surface area contributed by atoms with Gasteiger partial charge in [0.1, 0.15) is 5.65 Å². The van der Waals surface area contributed by atoms with Crippen molar-refractivity contribution in [3.05, 3.63) is 77.6 Å². The second kappa shape index (κ2) is 5.05. The number of carbonyl (C=O) groups is 1. The van der Waals surface area contributed by atoms with Crippen molar-refractivity contribution in [2.24, 2.45) is 5.73 Å². The molecule has 4 aromatic rings. The SMILES string of the molecule is NC(=O)c1ccc(-c2cnc3[nH]ccc3c2)c2c1Cc1ccccc1-2. The Labute approximate surface area is 144 Å². The minimum absolute atomic E-state index is 0.380. The molecule has 1 amide bonds. The second-order valence-corrected chi connectivity index (χ2v) is 6.35. The van der Waals surface area contributed by atoms with Crippen LogP contribution in [-0.2, 0) is 6.42 Å². The van der Waals surface area contributed by atoms with Crippen LogP contribution in [0.1, 0.15) is 21.5 Å². The van der Waals surface area contributed by atoms with Gasteiger partial charge < -0.3 is 10.7 Å². The van der Waals surface area contributed by atoms with Crippen LogP contribution in [-0.4, -0.2) is 15.9 Å². The van der Waals surface area contributed by atoms with Crippen molar-refractivity contribution in [1.29, 1.82) is 0 Å². The molecule has 0 unspecified atom stereocenters. The lowest BCUT2D eigenvalue weighted by molar-refractivity contribution is 0.0999. The first-order valence-electron chi connectivity index (χ1n) is 8.20. The summed E-state index contributed by atoms with van der Waals surface area (Å²) in [5.41, 5.74) is 13.7. The number of rotatable bonds is 2. The van der Waals surface area contributed by atoms with E-state index in [9.17, 15) is 4.79 Å². The first-order chi connectivity index (χ1) is 12.2. The second-order valence-electron chi connectivity index (χ2n) is 6.35. The smallest absolute Gasteiger partial charge is 0.249 e. The van der Waals surface area contributed by atoms with E-state index < -0.39 is 0 Å². The highest BCUT2D eigenvalue weighted by molar-refractivity contribution is 6.02. The molecule has 4 heteroatoms. The summed E-state index contributed by atoms with van der Waals surface area (Å²) in [7, 11) is 0. The monoisotopic (exact) mass is 325 g/mol. The van der Waals surface area contributed by atoms with Crippen LogP contribution in [0.15, 0.2) is 60.9 Å². The molecule has 0 bridgehead atoms. The van der Waals surface area contributed by atoms with Crippen molar-refractivity contribution in [2.75, 3.05) is 0 Å². The molecule has 120 valence electrons. The molecule has 2 aromatic heterocycles. The highest BCUT2D eigenvalue weighted by Crippen LogP contribution is 2.44. The van der Waals surface area contributed by atoms with E-state index >= 15 is 0 Å². The number of aromatic nitrogens is 2. The summed E-state index contributed by atoms with van der Waals surface area (Å²) in [5, 5.41) is 1.07. The average Bonchev–Trinajstić information content (AvgIpc) is 3.24. The lowest BCUT2D eigenvalue weighted by Gasteiger charge is -2.12. The normalized spacial score (nSPS) is 12.2. The van der Waals surface area contributed by atoms with Gasteiger partial charge in [-0.3, -0.25) is 4.79 Å². The van der Waals surface area contributed by atoms with Gasteiger partial charge >= 0.3 is 0 Å². The summed E-state index contributed by atoms with van der Waals surface area (Å²) in [6.07, 6.45) is 4.49. The molecule has 1 aliphatic rings. The Morgan fingerprint density at radius 1 is 1.08 bits per heavy atom. The third kappa shape index (κ3) is 2.01. The van der Waals surface area contributed by atoms with E-state index in [1.54, 1.807) is 0 Å². The zero-order chi connectivity index (χ0) is 17.0. The minimum atomic E-state index is -0.380. The van der Waals surface area contributed by atoms with Crippen LogP contribution in [0.5, 0.6) is 0 Å². The summed E-state index contributed by atoms with van der Waals surface area (Å²) in [5.74, 6) is -0.380. The molecule has 2 heterocycles. The van der Waals surface area contributed by atoms with E-state index in [-0.39, 0.29) is 5.91 Å². The number of pyridine rings is 1. The molecule has 0 spiro atoms. The number of H-pyrrole nitrogens is 1. The summed E-state index contributed by atoms with van der Waals surface area (Å²) >= 11 is 0. The maximum Gasteiger partial charge on any atom is 0.249 e. The number of aromatic amines is 1. The van der Waals surface area contributed by atoms with Crippen LogP contribution in [0.2, 0.25) is 0 Å². The number of carbonyl (C=O) groups excluding carboxylic acids is 1. The zero-order valence-corrected chi connectivity index (χ0v) is 13.4. The van der Waals surface area contributed by atoms with Gasteiger partial charge in [-0.25, -0.2) is 4.98 Å². The Balaban J connectivity index is 1.82. The quantitative estimate of drug-likeness (QED) is 0.517. The number of fused-ring (bicyclic) bond motifs is 4. The highest BCUT2D eigenvalue weighted by atomic mass is 16.1. The summed E-state index contributed by atoms with van der Waals surface area (Å²) < 4.78 is 0. The largest absolute Gasteiger partial charge is 0.366 e. The highest BCUT2D eigenvalue weighted by Gasteiger charge is 2.26. The number of benzene rings is 2. The van der Waals surface area contributed by atoms with Crippen LogP contribution in [0.4, 0.5) is 0 Å². The Morgan fingerprint density at radius 3 is 2.84 bits per heavy atom. The number of primary amides is 1. The number of nitrogens with zero attached hydrogens (tertiary/aromatic N) is 1. The fraction of sp³-hybridized carbons (Fsp3) is 0.0476. The fourth-order valence-corrected chi connectivity index (χ4v) is 3.81. The first kappa shape index (κ1) is 14.0. The zero-order valence-electron chi connectivity index (χ0n) is 13.4. The molecule has 0 atom stereocenters. The summed E-state index contributed by atoms with van der Waals surface area (Å²) in [6, 6.07) is 16.2. The topological polar surface area (TPSA) is 71.8 Å². The molecule has 0 saturated heterocycles. The van der Waals surface area contributed by atoms with Crippen molar-refractivity contribution >= 4 is 16.9 Å². The van der Waals surface area contributed by atoms with Gasteiger partial charge in [0.2, 0.25) is 5.91 Å². The van der Waals surface area contributed by atoms with E-state index in [4.69, 9.17) is 5.73 Å². The Morgan fingerprint density at radius 2 is 1.96 bits per heavy atom. The van der Waals surface area contributed by atoms with Gasteiger partial charge in [-0.15, -0.1) is 0 Å². The molecule has 0 radical (unpaired) electrons. The first-order valence-corrected chi connectivity index (χ1v) is 8.20. The van der Waals surface area contributed by atoms with Gasteiger partial charge in [0.05, 0.1) is 0 Å². The molecule has 3 N–H and O–H groups in total. The van der Waals surface area contributed by atoms with Gasteiger partial charge in [0.25, 0.3) is 0 Å². The van der Waals surface area contributed by atoms with Gasteiger partial charge in [0, 0.05) is 28.9 Å². The van der Waals surface area contributed by atoms with E-state index in [1.807, 2.05) is 42.7 Å². The molecule has 0 aliphatic heterocycles. The van der Waals surface area contributed by atoms with Crippen LogP contribution in [0.25, 0.3) is 33.3 Å². The molecule has 0 saturated carbocycles. The van der Waals surface area contributed by atoms with Crippen LogP contribution < -0.4 is 5.73 Å². The number of nitrogens with two attached hydrogens (primary N) is 1. The molecule has 4 nitrogen and oxygen atoms in total. The Bertz CT molecular complexity index is 1160.